The lowest BCUT2D eigenvalue weighted by molar-refractivity contribution is -0.200. The van der Waals surface area contributed by atoms with Crippen molar-refractivity contribution in [3.63, 3.8) is 0 Å². The van der Waals surface area contributed by atoms with Crippen molar-refractivity contribution in [2.24, 2.45) is 0 Å². The molecule has 0 radical (unpaired) electrons. The molecule has 0 spiro atoms. The van der Waals surface area contributed by atoms with E-state index >= 15 is 0 Å². The van der Waals surface area contributed by atoms with E-state index in [2.05, 4.69) is 4.72 Å². The Morgan fingerprint density at radius 1 is 1.11 bits per heavy atom. The number of rotatable bonds is 14. The molecule has 1 N–H and O–H groups in total. The fraction of sp³-hybridized carbons (Fsp3) is 0.524. The lowest BCUT2D eigenvalue weighted by Gasteiger charge is -2.28. The van der Waals surface area contributed by atoms with Crippen LogP contribution in [0.5, 0.6) is 0 Å². The fourth-order valence-electron chi connectivity index (χ4n) is 2.56. The van der Waals surface area contributed by atoms with Gasteiger partial charge < -0.3 is 14.2 Å². The zero-order valence-corrected chi connectivity index (χ0v) is 18.1. The molecule has 1 aromatic rings. The highest BCUT2D eigenvalue weighted by Crippen LogP contribution is 2.20. The Hall–Kier alpha value is -1.51. The number of sulfonamides is 1. The zero-order chi connectivity index (χ0) is 20.9. The monoisotopic (exact) mass is 411 g/mol. The molecule has 0 bridgehead atoms. The first-order chi connectivity index (χ1) is 13.4. The summed E-state index contributed by atoms with van der Waals surface area (Å²) in [5, 5.41) is 1.11. The van der Waals surface area contributed by atoms with E-state index in [0.29, 0.717) is 32.8 Å². The molecule has 0 saturated heterocycles. The normalized spacial score (nSPS) is 14.1. The van der Waals surface area contributed by atoms with Crippen molar-refractivity contribution in [3.05, 3.63) is 59.5 Å². The van der Waals surface area contributed by atoms with Crippen LogP contribution in [0.1, 0.15) is 39.7 Å². The Kier molecular flexibility index (Phi) is 11.3. The summed E-state index contributed by atoms with van der Waals surface area (Å²) in [4.78, 5) is 0. The summed E-state index contributed by atoms with van der Waals surface area (Å²) in [6, 6.07) is 9.50. The molecule has 0 aliphatic carbocycles. The zero-order valence-electron chi connectivity index (χ0n) is 17.3. The summed E-state index contributed by atoms with van der Waals surface area (Å²) in [6.45, 7) is 9.11. The minimum absolute atomic E-state index is 0.370. The van der Waals surface area contributed by atoms with E-state index in [1.54, 1.807) is 19.1 Å². The molecule has 0 aromatic heterocycles. The van der Waals surface area contributed by atoms with Crippen molar-refractivity contribution in [2.75, 3.05) is 19.8 Å². The van der Waals surface area contributed by atoms with Gasteiger partial charge in [-0.1, -0.05) is 49.4 Å². The second kappa shape index (κ2) is 12.9. The van der Waals surface area contributed by atoms with E-state index in [0.717, 1.165) is 11.0 Å². The molecule has 1 aromatic carbocycles. The first kappa shape index (κ1) is 24.5. The summed E-state index contributed by atoms with van der Waals surface area (Å²) in [5.74, 6) is -1.03. The molecule has 1 rings (SSSR count). The van der Waals surface area contributed by atoms with E-state index in [1.165, 1.54) is 6.08 Å². The topological polar surface area (TPSA) is 73.9 Å². The third kappa shape index (κ3) is 9.61. The molecular weight excluding hydrogens is 378 g/mol. The van der Waals surface area contributed by atoms with Gasteiger partial charge in [0.15, 0.2) is 5.79 Å². The lowest BCUT2D eigenvalue weighted by Crippen LogP contribution is -2.35. The molecular formula is C21H33NO5S. The van der Waals surface area contributed by atoms with Gasteiger partial charge in [-0.3, -0.25) is 0 Å². The first-order valence-corrected chi connectivity index (χ1v) is 11.2. The summed E-state index contributed by atoms with van der Waals surface area (Å²) in [6.07, 6.45) is 5.53. The summed E-state index contributed by atoms with van der Waals surface area (Å²) < 4.78 is 44.0. The SMILES string of the molecule is CCOC(C=CS(=O)(=O)NC(C)C=CCOCc1ccccc1)(CC)OCC. The molecule has 0 aliphatic rings. The molecule has 158 valence electrons. The number of benzene rings is 1. The predicted octanol–water partition coefficient (Wildman–Crippen LogP) is 3.76. The van der Waals surface area contributed by atoms with Crippen LogP contribution in [0.2, 0.25) is 0 Å². The van der Waals surface area contributed by atoms with Crippen LogP contribution in [0.4, 0.5) is 0 Å². The second-order valence-corrected chi connectivity index (χ2v) is 7.81. The Morgan fingerprint density at radius 3 is 2.32 bits per heavy atom. The van der Waals surface area contributed by atoms with Crippen LogP contribution in [0.25, 0.3) is 0 Å². The Labute approximate surface area is 169 Å². The maximum atomic E-state index is 12.3. The largest absolute Gasteiger partial charge is 0.373 e. The van der Waals surface area contributed by atoms with Gasteiger partial charge in [0.05, 0.1) is 13.2 Å². The highest BCUT2D eigenvalue weighted by Gasteiger charge is 2.26. The molecule has 0 amide bonds. The van der Waals surface area contributed by atoms with Crippen molar-refractivity contribution in [3.8, 4) is 0 Å². The number of ether oxygens (including phenoxy) is 3. The van der Waals surface area contributed by atoms with Crippen molar-refractivity contribution in [2.45, 2.75) is 52.6 Å². The highest BCUT2D eigenvalue weighted by molar-refractivity contribution is 7.92. The standard InChI is InChI=1S/C21H33NO5S/c1-5-21(26-6-2,27-7-3)15-17-28(23,24)22-19(4)12-11-16-25-18-20-13-9-8-10-14-20/h8-15,17,19,22H,5-7,16,18H2,1-4H3. The maximum absolute atomic E-state index is 12.3. The van der Waals surface area contributed by atoms with Crippen LogP contribution in [-0.2, 0) is 30.8 Å². The summed E-state index contributed by atoms with van der Waals surface area (Å²) >= 11 is 0. The van der Waals surface area contributed by atoms with Crippen molar-refractivity contribution < 1.29 is 22.6 Å². The van der Waals surface area contributed by atoms with E-state index in [4.69, 9.17) is 14.2 Å². The van der Waals surface area contributed by atoms with Crippen LogP contribution in [-0.4, -0.2) is 40.1 Å². The molecule has 7 heteroatoms. The summed E-state index contributed by atoms with van der Waals surface area (Å²) in [7, 11) is -3.63. The van der Waals surface area contributed by atoms with E-state index in [1.807, 2.05) is 51.1 Å². The van der Waals surface area contributed by atoms with Gasteiger partial charge in [0, 0.05) is 31.1 Å². The summed E-state index contributed by atoms with van der Waals surface area (Å²) in [5.41, 5.74) is 1.10. The molecule has 28 heavy (non-hydrogen) atoms. The van der Waals surface area contributed by atoms with Gasteiger partial charge >= 0.3 is 0 Å². The average molecular weight is 412 g/mol. The smallest absolute Gasteiger partial charge is 0.234 e. The van der Waals surface area contributed by atoms with Gasteiger partial charge in [0.1, 0.15) is 0 Å². The molecule has 0 saturated carbocycles. The molecule has 0 fully saturated rings. The van der Waals surface area contributed by atoms with Gasteiger partial charge in [-0.25, -0.2) is 13.1 Å². The van der Waals surface area contributed by atoms with Crippen LogP contribution >= 0.6 is 0 Å². The first-order valence-electron chi connectivity index (χ1n) is 9.64. The van der Waals surface area contributed by atoms with Gasteiger partial charge in [0.25, 0.3) is 0 Å². The van der Waals surface area contributed by atoms with E-state index < -0.39 is 15.8 Å². The Balaban J connectivity index is 2.52. The molecule has 0 heterocycles. The maximum Gasteiger partial charge on any atom is 0.234 e. The Bertz CT molecular complexity index is 695. The fourth-order valence-corrected chi connectivity index (χ4v) is 3.62. The highest BCUT2D eigenvalue weighted by atomic mass is 32.2. The third-order valence-electron chi connectivity index (χ3n) is 3.87. The van der Waals surface area contributed by atoms with Gasteiger partial charge in [0.2, 0.25) is 10.0 Å². The van der Waals surface area contributed by atoms with Crippen LogP contribution in [0.15, 0.2) is 54.0 Å². The third-order valence-corrected chi connectivity index (χ3v) is 5.07. The molecule has 0 aliphatic heterocycles. The van der Waals surface area contributed by atoms with Crippen LogP contribution in [0.3, 0.4) is 0 Å². The Morgan fingerprint density at radius 2 is 1.75 bits per heavy atom. The van der Waals surface area contributed by atoms with Crippen molar-refractivity contribution in [1.29, 1.82) is 0 Å². The average Bonchev–Trinajstić information content (AvgIpc) is 2.67. The van der Waals surface area contributed by atoms with Gasteiger partial charge in [-0.15, -0.1) is 0 Å². The number of nitrogens with one attached hydrogen (secondary N) is 1. The van der Waals surface area contributed by atoms with E-state index in [9.17, 15) is 8.42 Å². The minimum atomic E-state index is -3.63. The van der Waals surface area contributed by atoms with Crippen LogP contribution in [0, 0.1) is 0 Å². The molecule has 6 nitrogen and oxygen atoms in total. The molecule has 1 atom stereocenters. The second-order valence-electron chi connectivity index (χ2n) is 6.21. The number of hydrogen-bond acceptors (Lipinski definition) is 5. The van der Waals surface area contributed by atoms with Crippen LogP contribution < -0.4 is 4.72 Å². The van der Waals surface area contributed by atoms with Crippen molar-refractivity contribution in [1.82, 2.24) is 4.72 Å². The van der Waals surface area contributed by atoms with E-state index in [-0.39, 0.29) is 6.04 Å². The van der Waals surface area contributed by atoms with Gasteiger partial charge in [-0.2, -0.15) is 0 Å². The minimum Gasteiger partial charge on any atom is -0.373 e. The predicted molar refractivity (Wildman–Crippen MR) is 112 cm³/mol. The van der Waals surface area contributed by atoms with Crippen molar-refractivity contribution >= 4 is 10.0 Å². The van der Waals surface area contributed by atoms with Gasteiger partial charge in [-0.05, 0) is 32.4 Å². The molecule has 1 unspecified atom stereocenters. The number of hydrogen-bond donors (Lipinski definition) is 1. The quantitative estimate of drug-likeness (QED) is 0.287. The lowest BCUT2D eigenvalue weighted by atomic mass is 10.2.